The molecule has 1 rings (SSSR count). The van der Waals surface area contributed by atoms with E-state index in [-0.39, 0.29) is 17.8 Å². The Balaban J connectivity index is 0.00000301. The van der Waals surface area contributed by atoms with Crippen molar-refractivity contribution < 1.29 is 4.79 Å². The molecule has 0 aliphatic rings. The number of benzene rings is 1. The normalized spacial score (nSPS) is 11.5. The molecule has 0 heterocycles. The molecule has 0 bridgehead atoms. The first-order valence-electron chi connectivity index (χ1n) is 8.77. The summed E-state index contributed by atoms with van der Waals surface area (Å²) in [6.45, 7) is 11.7. The van der Waals surface area contributed by atoms with Crippen LogP contribution in [0.15, 0.2) is 39.2 Å². The SMILES string of the molecule is C=N/C(=N\C(=NC)NCCCc1cccc(Cl)c1)NC(=O)C(C)C.CC. The average Bonchev–Trinajstić information content (AvgIpc) is 2.64. The number of rotatable bonds is 5. The van der Waals surface area contributed by atoms with Crippen molar-refractivity contribution >= 4 is 36.1 Å². The van der Waals surface area contributed by atoms with Gasteiger partial charge in [0, 0.05) is 24.5 Å². The van der Waals surface area contributed by atoms with Gasteiger partial charge in [0.05, 0.1) is 0 Å². The highest BCUT2D eigenvalue weighted by Gasteiger charge is 2.09. The summed E-state index contributed by atoms with van der Waals surface area (Å²) in [6, 6.07) is 7.79. The maximum Gasteiger partial charge on any atom is 0.232 e. The van der Waals surface area contributed by atoms with Crippen molar-refractivity contribution in [2.45, 2.75) is 40.5 Å². The summed E-state index contributed by atoms with van der Waals surface area (Å²) in [7, 11) is 1.62. The zero-order chi connectivity index (χ0) is 19.9. The molecular weight excluding hydrogens is 350 g/mol. The quantitative estimate of drug-likeness (QED) is 0.464. The molecular formula is C19H30ClN5O. The number of halogens is 1. The first kappa shape index (κ1) is 23.8. The molecule has 1 aromatic rings. The zero-order valence-electron chi connectivity index (χ0n) is 16.3. The Hall–Kier alpha value is -2.21. The Morgan fingerprint density at radius 2 is 1.96 bits per heavy atom. The summed E-state index contributed by atoms with van der Waals surface area (Å²) in [4.78, 5) is 23.6. The summed E-state index contributed by atoms with van der Waals surface area (Å²) in [5.74, 6) is 0.200. The molecule has 0 atom stereocenters. The maximum absolute atomic E-state index is 11.7. The molecule has 1 amide bonds. The topological polar surface area (TPSA) is 78.2 Å². The smallest absolute Gasteiger partial charge is 0.232 e. The van der Waals surface area contributed by atoms with E-state index >= 15 is 0 Å². The van der Waals surface area contributed by atoms with Crippen LogP contribution in [0.25, 0.3) is 0 Å². The minimum atomic E-state index is -0.169. The van der Waals surface area contributed by atoms with E-state index in [2.05, 4.69) is 32.3 Å². The zero-order valence-corrected chi connectivity index (χ0v) is 17.1. The Bertz CT molecular complexity index is 626. The van der Waals surface area contributed by atoms with Gasteiger partial charge < -0.3 is 5.32 Å². The number of nitrogens with zero attached hydrogens (tertiary/aromatic N) is 3. The molecule has 6 nitrogen and oxygen atoms in total. The molecule has 0 saturated carbocycles. The fraction of sp³-hybridized carbons (Fsp3) is 0.474. The van der Waals surface area contributed by atoms with E-state index in [0.717, 1.165) is 17.9 Å². The first-order chi connectivity index (χ1) is 12.5. The molecule has 26 heavy (non-hydrogen) atoms. The van der Waals surface area contributed by atoms with Crippen molar-refractivity contribution in [3.05, 3.63) is 34.9 Å². The molecule has 1 aromatic carbocycles. The van der Waals surface area contributed by atoms with E-state index in [1.165, 1.54) is 5.56 Å². The molecule has 0 spiro atoms. The molecule has 0 aliphatic carbocycles. The highest BCUT2D eigenvalue weighted by molar-refractivity contribution is 6.30. The van der Waals surface area contributed by atoms with Gasteiger partial charge in [0.1, 0.15) is 0 Å². The number of nitrogens with one attached hydrogen (secondary N) is 2. The van der Waals surface area contributed by atoms with Crippen LogP contribution in [0.4, 0.5) is 0 Å². The molecule has 0 radical (unpaired) electrons. The van der Waals surface area contributed by atoms with Crippen molar-refractivity contribution in [2.75, 3.05) is 13.6 Å². The molecule has 0 saturated heterocycles. The number of guanidine groups is 2. The second-order valence-electron chi connectivity index (χ2n) is 5.44. The fourth-order valence-corrected chi connectivity index (χ4v) is 2.02. The van der Waals surface area contributed by atoms with Gasteiger partial charge in [-0.15, -0.1) is 0 Å². The Morgan fingerprint density at radius 3 is 2.50 bits per heavy atom. The van der Waals surface area contributed by atoms with Gasteiger partial charge in [-0.25, -0.2) is 4.99 Å². The molecule has 7 heteroatoms. The first-order valence-corrected chi connectivity index (χ1v) is 9.15. The lowest BCUT2D eigenvalue weighted by atomic mass is 10.1. The van der Waals surface area contributed by atoms with Gasteiger partial charge in [-0.3, -0.25) is 15.1 Å². The van der Waals surface area contributed by atoms with Crippen molar-refractivity contribution in [1.29, 1.82) is 0 Å². The monoisotopic (exact) mass is 379 g/mol. The average molecular weight is 380 g/mol. The van der Waals surface area contributed by atoms with Crippen molar-refractivity contribution in [1.82, 2.24) is 10.6 Å². The summed E-state index contributed by atoms with van der Waals surface area (Å²) < 4.78 is 0. The third-order valence-electron chi connectivity index (χ3n) is 3.15. The number of carbonyl (C=O) groups is 1. The minimum Gasteiger partial charge on any atom is -0.354 e. The largest absolute Gasteiger partial charge is 0.354 e. The Kier molecular flexibility index (Phi) is 12.8. The van der Waals surface area contributed by atoms with Crippen molar-refractivity contribution in [3.63, 3.8) is 0 Å². The second-order valence-corrected chi connectivity index (χ2v) is 5.88. The standard InChI is InChI=1S/C17H24ClN5O.C2H6/c1-12(2)15(24)22-17(20-4)23-16(19-3)21-10-6-8-13-7-5-9-14(18)11-13;1-2/h5,7,9,11-12H,4,6,8,10H2,1-3H3,(H2,19,21,22,23,24);1-2H3. The molecule has 144 valence electrons. The van der Waals surface area contributed by atoms with Gasteiger partial charge in [0.25, 0.3) is 0 Å². The van der Waals surface area contributed by atoms with Crippen LogP contribution in [0, 0.1) is 5.92 Å². The van der Waals surface area contributed by atoms with Gasteiger partial charge in [0.2, 0.25) is 17.8 Å². The third-order valence-corrected chi connectivity index (χ3v) is 3.38. The van der Waals surface area contributed by atoms with Gasteiger partial charge >= 0.3 is 0 Å². The van der Waals surface area contributed by atoms with E-state index < -0.39 is 0 Å². The lowest BCUT2D eigenvalue weighted by molar-refractivity contribution is -0.122. The summed E-state index contributed by atoms with van der Waals surface area (Å²) >= 11 is 5.96. The molecule has 0 aromatic heterocycles. The van der Waals surface area contributed by atoms with Crippen LogP contribution in [0.1, 0.15) is 39.7 Å². The summed E-state index contributed by atoms with van der Waals surface area (Å²) in [6.07, 6.45) is 1.79. The summed E-state index contributed by atoms with van der Waals surface area (Å²) in [5.41, 5.74) is 1.18. The third kappa shape index (κ3) is 9.93. The predicted molar refractivity (Wildman–Crippen MR) is 112 cm³/mol. The van der Waals surface area contributed by atoms with Crippen LogP contribution in [0.2, 0.25) is 5.02 Å². The van der Waals surface area contributed by atoms with Gasteiger partial charge in [-0.2, -0.15) is 4.99 Å². The predicted octanol–water partition coefficient (Wildman–Crippen LogP) is 3.70. The van der Waals surface area contributed by atoms with Gasteiger partial charge in [0.15, 0.2) is 0 Å². The van der Waals surface area contributed by atoms with Gasteiger partial charge in [-0.05, 0) is 37.3 Å². The summed E-state index contributed by atoms with van der Waals surface area (Å²) in [5, 5.41) is 6.45. The van der Waals surface area contributed by atoms with Crippen LogP contribution >= 0.6 is 11.6 Å². The maximum atomic E-state index is 11.7. The molecule has 2 N–H and O–H groups in total. The van der Waals surface area contributed by atoms with Crippen molar-refractivity contribution in [3.8, 4) is 0 Å². The number of hydrogen-bond acceptors (Lipinski definition) is 2. The van der Waals surface area contributed by atoms with Crippen LogP contribution in [-0.4, -0.2) is 38.1 Å². The molecule has 0 unspecified atom stereocenters. The van der Waals surface area contributed by atoms with E-state index in [0.29, 0.717) is 12.5 Å². The van der Waals surface area contributed by atoms with Crippen molar-refractivity contribution in [2.24, 2.45) is 20.9 Å². The lowest BCUT2D eigenvalue weighted by Crippen LogP contribution is -2.34. The number of amides is 1. The van der Waals surface area contributed by atoms with Crippen LogP contribution < -0.4 is 10.6 Å². The van der Waals surface area contributed by atoms with E-state index in [9.17, 15) is 4.79 Å². The van der Waals surface area contributed by atoms with Crippen LogP contribution in [-0.2, 0) is 11.2 Å². The number of carbonyl (C=O) groups excluding carboxylic acids is 1. The minimum absolute atomic E-state index is 0.136. The Morgan fingerprint density at radius 1 is 1.27 bits per heavy atom. The van der Waals surface area contributed by atoms with Gasteiger partial charge in [-0.1, -0.05) is 51.4 Å². The second kappa shape index (κ2) is 14.0. The van der Waals surface area contributed by atoms with E-state index in [1.807, 2.05) is 38.1 Å². The molecule has 0 fully saturated rings. The fourth-order valence-electron chi connectivity index (χ4n) is 1.81. The highest BCUT2D eigenvalue weighted by Crippen LogP contribution is 2.11. The number of aliphatic imine (C=N–C) groups is 3. The number of hydrogen-bond donors (Lipinski definition) is 2. The van der Waals surface area contributed by atoms with Crippen LogP contribution in [0.3, 0.4) is 0 Å². The lowest BCUT2D eigenvalue weighted by Gasteiger charge is -2.09. The van der Waals surface area contributed by atoms with E-state index in [4.69, 9.17) is 11.6 Å². The highest BCUT2D eigenvalue weighted by atomic mass is 35.5. The van der Waals surface area contributed by atoms with Crippen LogP contribution in [0.5, 0.6) is 0 Å². The number of aryl methyl sites for hydroxylation is 1. The Labute approximate surface area is 161 Å². The van der Waals surface area contributed by atoms with E-state index in [1.54, 1.807) is 20.9 Å². The molecule has 0 aliphatic heterocycles.